The summed E-state index contributed by atoms with van der Waals surface area (Å²) in [5.41, 5.74) is 0.926. The first-order valence-corrected chi connectivity index (χ1v) is 9.86. The highest BCUT2D eigenvalue weighted by atomic mass is 32.1. The molecule has 5 atom stereocenters. The van der Waals surface area contributed by atoms with Gasteiger partial charge in [-0.3, -0.25) is 0 Å². The van der Waals surface area contributed by atoms with Gasteiger partial charge in [-0.15, -0.1) is 11.3 Å². The third-order valence-corrected chi connectivity index (χ3v) is 6.25. The number of thiophene rings is 1. The van der Waals surface area contributed by atoms with Crippen molar-refractivity contribution in [3.8, 4) is 0 Å². The van der Waals surface area contributed by atoms with Crippen LogP contribution in [-0.4, -0.2) is 51.4 Å². The summed E-state index contributed by atoms with van der Waals surface area (Å²) in [6.07, 6.45) is -5.87. The summed E-state index contributed by atoms with van der Waals surface area (Å²) >= 11 is 1.59. The molecule has 3 unspecified atom stereocenters. The van der Waals surface area contributed by atoms with Crippen LogP contribution in [-0.2, 0) is 11.2 Å². The number of fused-ring (bicyclic) bond motifs is 1. The molecule has 1 aromatic heterocycles. The first-order valence-electron chi connectivity index (χ1n) is 9.04. The fourth-order valence-electron chi connectivity index (χ4n) is 3.60. The number of aliphatic hydroxyl groups excluding tert-OH is 4. The van der Waals surface area contributed by atoms with Gasteiger partial charge in [0, 0.05) is 16.0 Å². The summed E-state index contributed by atoms with van der Waals surface area (Å²) in [6.45, 7) is -0.503. The maximum absolute atomic E-state index is 14.4. The van der Waals surface area contributed by atoms with Gasteiger partial charge >= 0.3 is 0 Å². The van der Waals surface area contributed by atoms with Crippen LogP contribution in [0.5, 0.6) is 0 Å². The van der Waals surface area contributed by atoms with E-state index in [0.717, 1.165) is 15.0 Å². The second kappa shape index (κ2) is 7.87. The van der Waals surface area contributed by atoms with E-state index in [0.29, 0.717) is 17.5 Å². The molecule has 0 amide bonds. The van der Waals surface area contributed by atoms with Gasteiger partial charge in [-0.2, -0.15) is 0 Å². The van der Waals surface area contributed by atoms with Gasteiger partial charge in [0.15, 0.2) is 0 Å². The molecule has 4 rings (SSSR count). The van der Waals surface area contributed by atoms with Gasteiger partial charge in [-0.1, -0.05) is 24.3 Å². The molecule has 1 aliphatic heterocycles. The molecule has 0 spiro atoms. The molecule has 1 saturated heterocycles. The molecule has 28 heavy (non-hydrogen) atoms. The summed E-state index contributed by atoms with van der Waals surface area (Å²) in [7, 11) is 0. The van der Waals surface area contributed by atoms with Crippen LogP contribution in [0.3, 0.4) is 0 Å². The van der Waals surface area contributed by atoms with Crippen LogP contribution in [0.2, 0.25) is 0 Å². The van der Waals surface area contributed by atoms with Crippen molar-refractivity contribution in [1.29, 1.82) is 0 Å². The monoisotopic (exact) mass is 404 g/mol. The van der Waals surface area contributed by atoms with E-state index in [-0.39, 0.29) is 5.82 Å². The van der Waals surface area contributed by atoms with Crippen molar-refractivity contribution in [3.63, 3.8) is 0 Å². The molecule has 4 N–H and O–H groups in total. The lowest BCUT2D eigenvalue weighted by Crippen LogP contribution is -2.55. The second-order valence-electron chi connectivity index (χ2n) is 7.03. The van der Waals surface area contributed by atoms with Gasteiger partial charge in [0.05, 0.1) is 6.61 Å². The largest absolute Gasteiger partial charge is 0.394 e. The van der Waals surface area contributed by atoms with Crippen molar-refractivity contribution < 1.29 is 29.6 Å². The summed E-state index contributed by atoms with van der Waals surface area (Å²) in [5, 5.41) is 40.7. The van der Waals surface area contributed by atoms with Gasteiger partial charge in [0.2, 0.25) is 0 Å². The van der Waals surface area contributed by atoms with Crippen LogP contribution in [0.4, 0.5) is 4.39 Å². The Hall–Kier alpha value is -1.87. The molecular weight excluding hydrogens is 383 g/mol. The standard InChI is InChI=1S/C21H21FO5S/c22-15-6-5-12(21-20(26)19(25)18(24)16(10-23)27-21)7-13(15)9-14-8-11-3-1-2-4-17(11)28-14/h1-8,16,18-21,23-26H,9-10H2/t16?,18-,19?,20?,21+/m1/s1. The van der Waals surface area contributed by atoms with E-state index in [1.807, 2.05) is 30.3 Å². The van der Waals surface area contributed by atoms with E-state index in [1.165, 1.54) is 12.1 Å². The molecule has 2 heterocycles. The van der Waals surface area contributed by atoms with Crippen LogP contribution in [0.25, 0.3) is 10.1 Å². The average molecular weight is 404 g/mol. The highest BCUT2D eigenvalue weighted by molar-refractivity contribution is 7.19. The molecule has 2 aromatic carbocycles. The first-order chi connectivity index (χ1) is 13.5. The quantitative estimate of drug-likeness (QED) is 0.535. The van der Waals surface area contributed by atoms with Gasteiger partial charge in [0.25, 0.3) is 0 Å². The van der Waals surface area contributed by atoms with E-state index in [2.05, 4.69) is 0 Å². The Morgan fingerprint density at radius 2 is 1.75 bits per heavy atom. The minimum atomic E-state index is -1.47. The van der Waals surface area contributed by atoms with Crippen LogP contribution in [0, 0.1) is 5.82 Å². The zero-order chi connectivity index (χ0) is 19.8. The molecular formula is C21H21FO5S. The van der Waals surface area contributed by atoms with Gasteiger partial charge < -0.3 is 25.2 Å². The Balaban J connectivity index is 1.63. The highest BCUT2D eigenvalue weighted by Gasteiger charge is 2.44. The minimum Gasteiger partial charge on any atom is -0.394 e. The van der Waals surface area contributed by atoms with Crippen molar-refractivity contribution in [2.24, 2.45) is 0 Å². The zero-order valence-electron chi connectivity index (χ0n) is 14.9. The maximum Gasteiger partial charge on any atom is 0.126 e. The number of ether oxygens (including phenoxy) is 1. The van der Waals surface area contributed by atoms with Crippen LogP contribution in [0.15, 0.2) is 48.5 Å². The Morgan fingerprint density at radius 1 is 0.964 bits per heavy atom. The lowest BCUT2D eigenvalue weighted by molar-refractivity contribution is -0.231. The second-order valence-corrected chi connectivity index (χ2v) is 8.20. The number of halogens is 1. The van der Waals surface area contributed by atoms with Crippen molar-refractivity contribution in [3.05, 3.63) is 70.4 Å². The normalized spacial score (nSPS) is 28.0. The summed E-state index contributed by atoms with van der Waals surface area (Å²) < 4.78 is 21.1. The molecule has 0 aliphatic carbocycles. The molecule has 1 aliphatic rings. The van der Waals surface area contributed by atoms with E-state index in [1.54, 1.807) is 17.4 Å². The van der Waals surface area contributed by atoms with Gasteiger partial charge in [-0.05, 0) is 40.8 Å². The lowest BCUT2D eigenvalue weighted by atomic mass is 9.90. The number of hydrogen-bond donors (Lipinski definition) is 4. The highest BCUT2D eigenvalue weighted by Crippen LogP contribution is 2.34. The summed E-state index contributed by atoms with van der Waals surface area (Å²) in [4.78, 5) is 1.01. The molecule has 0 radical (unpaired) electrons. The number of rotatable bonds is 4. The predicted molar refractivity (Wildman–Crippen MR) is 104 cm³/mol. The molecule has 5 nitrogen and oxygen atoms in total. The summed E-state index contributed by atoms with van der Waals surface area (Å²) in [5.74, 6) is -0.370. The predicted octanol–water partition coefficient (Wildman–Crippen LogP) is 2.15. The molecule has 148 valence electrons. The maximum atomic E-state index is 14.4. The SMILES string of the molecule is OCC1O[C@@H](c2ccc(F)c(Cc3cc4ccccc4s3)c2)C(O)C(O)[C@@H]1O. The smallest absolute Gasteiger partial charge is 0.126 e. The minimum absolute atomic E-state index is 0.370. The van der Waals surface area contributed by atoms with Crippen molar-refractivity contribution in [2.75, 3.05) is 6.61 Å². The third kappa shape index (κ3) is 3.57. The van der Waals surface area contributed by atoms with Crippen molar-refractivity contribution in [1.82, 2.24) is 0 Å². The average Bonchev–Trinajstić information content (AvgIpc) is 3.11. The van der Waals surface area contributed by atoms with E-state index in [4.69, 9.17) is 4.74 Å². The van der Waals surface area contributed by atoms with Gasteiger partial charge in [0.1, 0.15) is 36.3 Å². The van der Waals surface area contributed by atoms with Crippen molar-refractivity contribution >= 4 is 21.4 Å². The Bertz CT molecular complexity index is 939. The fraction of sp³-hybridized carbons (Fsp3) is 0.333. The van der Waals surface area contributed by atoms with E-state index < -0.39 is 37.1 Å². The first kappa shape index (κ1) is 19.4. The summed E-state index contributed by atoms with van der Waals surface area (Å²) in [6, 6.07) is 14.4. The van der Waals surface area contributed by atoms with E-state index >= 15 is 0 Å². The number of hydrogen-bond acceptors (Lipinski definition) is 6. The number of benzene rings is 2. The molecule has 7 heteroatoms. The lowest BCUT2D eigenvalue weighted by Gasteiger charge is -2.40. The Labute approximate surface area is 165 Å². The topological polar surface area (TPSA) is 90.2 Å². The Kier molecular flexibility index (Phi) is 5.46. The zero-order valence-corrected chi connectivity index (χ0v) is 15.7. The molecule has 0 saturated carbocycles. The fourth-order valence-corrected chi connectivity index (χ4v) is 4.68. The molecule has 0 bridgehead atoms. The molecule has 3 aromatic rings. The molecule has 1 fully saturated rings. The van der Waals surface area contributed by atoms with Crippen LogP contribution >= 0.6 is 11.3 Å². The third-order valence-electron chi connectivity index (χ3n) is 5.13. The Morgan fingerprint density at radius 3 is 2.50 bits per heavy atom. The number of aliphatic hydroxyl groups is 4. The van der Waals surface area contributed by atoms with E-state index in [9.17, 15) is 24.8 Å². The van der Waals surface area contributed by atoms with Crippen LogP contribution < -0.4 is 0 Å². The van der Waals surface area contributed by atoms with Crippen molar-refractivity contribution in [2.45, 2.75) is 36.9 Å². The van der Waals surface area contributed by atoms with Gasteiger partial charge in [-0.25, -0.2) is 4.39 Å². The van der Waals surface area contributed by atoms with Crippen LogP contribution in [0.1, 0.15) is 22.1 Å².